The quantitative estimate of drug-likeness (QED) is 0.579. The van der Waals surface area contributed by atoms with Gasteiger partial charge in [-0.2, -0.15) is 4.37 Å². The van der Waals surface area contributed by atoms with Gasteiger partial charge in [-0.05, 0) is 54.8 Å². The fraction of sp³-hybridized carbons (Fsp3) is 0.679. The smallest absolute Gasteiger partial charge is 0.233 e. The molecule has 0 radical (unpaired) electrons. The number of nitrogens with zero attached hydrogens (tertiary/aromatic N) is 4. The number of aliphatic hydroxyl groups is 2. The van der Waals surface area contributed by atoms with E-state index in [4.69, 9.17) is 4.37 Å². The van der Waals surface area contributed by atoms with Crippen LogP contribution in [0.25, 0.3) is 10.1 Å². The Morgan fingerprint density at radius 3 is 2.16 bits per heavy atom. The zero-order valence-electron chi connectivity index (χ0n) is 21.1. The highest BCUT2D eigenvalue weighted by Gasteiger charge is 2.67. The molecule has 2 N–H and O–H groups in total. The highest BCUT2D eigenvalue weighted by Crippen LogP contribution is 2.56. The molecule has 2 bridgehead atoms. The normalized spacial score (nSPS) is 38.2. The minimum absolute atomic E-state index is 0.0955. The number of aromatic nitrogens is 1. The number of anilines is 1. The van der Waals surface area contributed by atoms with Gasteiger partial charge in [-0.15, -0.1) is 0 Å². The predicted molar refractivity (Wildman–Crippen MR) is 141 cm³/mol. The maximum atomic E-state index is 13.3. The number of carbonyl (C=O) groups is 2. The van der Waals surface area contributed by atoms with Gasteiger partial charge >= 0.3 is 0 Å². The second kappa shape index (κ2) is 9.29. The first-order valence-corrected chi connectivity index (χ1v) is 14.8. The SMILES string of the molecule is O=C1[C@@H]2[C@@H]3C[C@@H](C(O)[C@H]3O)[C@@H]2C(=O)N1C[C@@H]1CCCC[C@H]1CN1CCN(c2nsc3ccccc23)CC1. The molecule has 8 nitrogen and oxygen atoms in total. The van der Waals surface area contributed by atoms with Gasteiger partial charge in [0.15, 0.2) is 0 Å². The Kier molecular flexibility index (Phi) is 6.03. The standard InChI is InChI=1S/C28H36N4O4S/c33-24-19-13-20(25(24)34)23-22(19)27(35)32(28(23)36)15-17-6-2-1-5-16(17)14-30-9-11-31(12-10-30)26-18-7-3-4-8-21(18)37-29-26/h3-4,7-8,16-17,19-20,22-25,33-34H,1-2,5-6,9-15H2/t16-,17-,19-,20+,22+,23-,24-,25?/m0/s1. The van der Waals surface area contributed by atoms with Crippen LogP contribution >= 0.6 is 11.5 Å². The number of fused-ring (bicyclic) bond motifs is 6. The largest absolute Gasteiger partial charge is 0.390 e. The first-order chi connectivity index (χ1) is 18.0. The van der Waals surface area contributed by atoms with Crippen molar-refractivity contribution in [1.82, 2.24) is 14.2 Å². The van der Waals surface area contributed by atoms with Crippen LogP contribution in [0.2, 0.25) is 0 Å². The third kappa shape index (κ3) is 3.84. The number of rotatable bonds is 5. The van der Waals surface area contributed by atoms with E-state index in [9.17, 15) is 19.8 Å². The summed E-state index contributed by atoms with van der Waals surface area (Å²) in [4.78, 5) is 33.2. The molecule has 2 amide bonds. The van der Waals surface area contributed by atoms with Crippen molar-refractivity contribution in [3.05, 3.63) is 24.3 Å². The molecule has 1 unspecified atom stereocenters. The van der Waals surface area contributed by atoms with E-state index in [1.165, 1.54) is 21.4 Å². The third-order valence-corrected chi connectivity index (χ3v) is 11.0. The van der Waals surface area contributed by atoms with Crippen LogP contribution in [0.1, 0.15) is 32.1 Å². The molecule has 0 spiro atoms. The Morgan fingerprint density at radius 1 is 0.865 bits per heavy atom. The molecule has 3 saturated carbocycles. The number of benzene rings is 1. The van der Waals surface area contributed by atoms with Crippen LogP contribution in [0.5, 0.6) is 0 Å². The van der Waals surface area contributed by atoms with Crippen molar-refractivity contribution < 1.29 is 19.8 Å². The van der Waals surface area contributed by atoms with Gasteiger partial charge in [0, 0.05) is 56.5 Å². The first kappa shape index (κ1) is 24.0. The number of aliphatic hydroxyl groups excluding tert-OH is 2. The number of hydrogen-bond acceptors (Lipinski definition) is 8. The molecule has 2 aromatic rings. The van der Waals surface area contributed by atoms with Crippen molar-refractivity contribution in [3.8, 4) is 0 Å². The molecule has 198 valence electrons. The molecule has 5 aliphatic rings. The van der Waals surface area contributed by atoms with E-state index in [2.05, 4.69) is 34.1 Å². The van der Waals surface area contributed by atoms with Crippen molar-refractivity contribution in [3.63, 3.8) is 0 Å². The second-order valence-electron chi connectivity index (χ2n) is 12.0. The Balaban J connectivity index is 0.991. The number of carbonyl (C=O) groups excluding carboxylic acids is 2. The average molecular weight is 525 g/mol. The summed E-state index contributed by atoms with van der Waals surface area (Å²) in [5, 5.41) is 22.0. The van der Waals surface area contributed by atoms with Gasteiger partial charge in [0.1, 0.15) is 5.82 Å². The molecule has 1 aromatic carbocycles. The van der Waals surface area contributed by atoms with E-state index in [1.54, 1.807) is 11.5 Å². The van der Waals surface area contributed by atoms with Crippen LogP contribution in [0.3, 0.4) is 0 Å². The predicted octanol–water partition coefficient (Wildman–Crippen LogP) is 2.20. The van der Waals surface area contributed by atoms with Crippen molar-refractivity contribution in [1.29, 1.82) is 0 Å². The molecule has 5 fully saturated rings. The van der Waals surface area contributed by atoms with Crippen LogP contribution in [0.15, 0.2) is 24.3 Å². The van der Waals surface area contributed by atoms with Crippen LogP contribution < -0.4 is 4.90 Å². The second-order valence-corrected chi connectivity index (χ2v) is 12.8. The average Bonchev–Trinajstić information content (AvgIpc) is 3.65. The number of likely N-dealkylation sites (tertiary alicyclic amines) is 1. The summed E-state index contributed by atoms with van der Waals surface area (Å²) in [5.74, 6) is 0.350. The van der Waals surface area contributed by atoms with Crippen molar-refractivity contribution >= 4 is 39.3 Å². The van der Waals surface area contributed by atoms with E-state index in [1.807, 2.05) is 0 Å². The Hall–Kier alpha value is -2.07. The van der Waals surface area contributed by atoms with Crippen LogP contribution in [0.4, 0.5) is 5.82 Å². The van der Waals surface area contributed by atoms with Crippen molar-refractivity contribution in [2.75, 3.05) is 44.2 Å². The van der Waals surface area contributed by atoms with E-state index >= 15 is 0 Å². The molecule has 3 aliphatic carbocycles. The lowest BCUT2D eigenvalue weighted by Gasteiger charge is -2.40. The highest BCUT2D eigenvalue weighted by atomic mass is 32.1. The van der Waals surface area contributed by atoms with Gasteiger partial charge in [0.2, 0.25) is 11.8 Å². The zero-order chi connectivity index (χ0) is 25.3. The summed E-state index contributed by atoms with van der Waals surface area (Å²) in [6, 6.07) is 8.44. The summed E-state index contributed by atoms with van der Waals surface area (Å²) >= 11 is 1.57. The number of imide groups is 1. The van der Waals surface area contributed by atoms with Crippen molar-refractivity contribution in [2.24, 2.45) is 35.5 Å². The molecule has 7 rings (SSSR count). The lowest BCUT2D eigenvalue weighted by Crippen LogP contribution is -2.49. The third-order valence-electron chi connectivity index (χ3n) is 10.2. The van der Waals surface area contributed by atoms with Gasteiger partial charge in [-0.25, -0.2) is 0 Å². The lowest BCUT2D eigenvalue weighted by molar-refractivity contribution is -0.142. The number of amides is 2. The fourth-order valence-electron chi connectivity index (χ4n) is 8.25. The molecule has 8 atom stereocenters. The van der Waals surface area contributed by atoms with E-state index in [-0.39, 0.29) is 23.7 Å². The van der Waals surface area contributed by atoms with Gasteiger partial charge in [-0.3, -0.25) is 19.4 Å². The van der Waals surface area contributed by atoms with Crippen LogP contribution in [-0.2, 0) is 9.59 Å². The summed E-state index contributed by atoms with van der Waals surface area (Å²) < 4.78 is 5.97. The van der Waals surface area contributed by atoms with Gasteiger partial charge in [0.25, 0.3) is 0 Å². The first-order valence-electron chi connectivity index (χ1n) is 14.0. The summed E-state index contributed by atoms with van der Waals surface area (Å²) in [7, 11) is 0. The molecule has 2 saturated heterocycles. The maximum absolute atomic E-state index is 13.3. The molecule has 1 aromatic heterocycles. The topological polar surface area (TPSA) is 97.2 Å². The van der Waals surface area contributed by atoms with Crippen LogP contribution in [-0.4, -0.2) is 87.7 Å². The maximum Gasteiger partial charge on any atom is 0.233 e. The molecule has 9 heteroatoms. The number of hydrogen-bond donors (Lipinski definition) is 2. The minimum atomic E-state index is -0.869. The summed E-state index contributed by atoms with van der Waals surface area (Å²) in [5.41, 5.74) is 0. The van der Waals surface area contributed by atoms with Gasteiger partial charge in [-0.1, -0.05) is 25.0 Å². The van der Waals surface area contributed by atoms with Gasteiger partial charge in [0.05, 0.1) is 28.7 Å². The lowest BCUT2D eigenvalue weighted by atomic mass is 9.78. The molecule has 37 heavy (non-hydrogen) atoms. The van der Waals surface area contributed by atoms with Crippen LogP contribution in [0, 0.1) is 35.5 Å². The van der Waals surface area contributed by atoms with E-state index in [0.717, 1.165) is 57.8 Å². The summed E-state index contributed by atoms with van der Waals surface area (Å²) in [6.45, 7) is 5.45. The molecular weight excluding hydrogens is 488 g/mol. The molecular formula is C28H36N4O4S. The number of piperazine rings is 1. The molecule has 3 heterocycles. The highest BCUT2D eigenvalue weighted by molar-refractivity contribution is 7.13. The molecule has 2 aliphatic heterocycles. The van der Waals surface area contributed by atoms with Gasteiger partial charge < -0.3 is 15.1 Å². The fourth-order valence-corrected chi connectivity index (χ4v) is 9.04. The minimum Gasteiger partial charge on any atom is -0.390 e. The Labute approximate surface area is 221 Å². The van der Waals surface area contributed by atoms with Crippen molar-refractivity contribution in [2.45, 2.75) is 44.3 Å². The van der Waals surface area contributed by atoms with E-state index in [0.29, 0.717) is 24.8 Å². The Morgan fingerprint density at radius 2 is 1.49 bits per heavy atom. The van der Waals surface area contributed by atoms with E-state index < -0.39 is 24.0 Å². The summed E-state index contributed by atoms with van der Waals surface area (Å²) in [6.07, 6.45) is 3.42. The zero-order valence-corrected chi connectivity index (χ0v) is 21.9. The Bertz CT molecular complexity index is 1160. The monoisotopic (exact) mass is 524 g/mol.